The Morgan fingerprint density at radius 1 is 1.20 bits per heavy atom. The smallest absolute Gasteiger partial charge is 0.264 e. The number of aryl methyl sites for hydroxylation is 3. The molecule has 0 N–H and O–H groups in total. The Hall–Kier alpha value is -2.67. The van der Waals surface area contributed by atoms with Gasteiger partial charge in [-0.3, -0.25) is 4.79 Å². The lowest BCUT2D eigenvalue weighted by Crippen LogP contribution is -2.30. The zero-order valence-corrected chi connectivity index (χ0v) is 18.9. The van der Waals surface area contributed by atoms with E-state index < -0.39 is 0 Å². The van der Waals surface area contributed by atoms with Gasteiger partial charge in [0, 0.05) is 24.0 Å². The summed E-state index contributed by atoms with van der Waals surface area (Å²) in [6.07, 6.45) is 2.70. The highest BCUT2D eigenvalue weighted by Gasteiger charge is 2.33. The number of nitrogens with zero attached hydrogens (tertiary/aromatic N) is 3. The summed E-state index contributed by atoms with van der Waals surface area (Å²) < 4.78 is 10.8. The largest absolute Gasteiger partial charge is 0.493 e. The van der Waals surface area contributed by atoms with E-state index in [0.717, 1.165) is 63.5 Å². The van der Waals surface area contributed by atoms with Crippen molar-refractivity contribution in [1.29, 1.82) is 0 Å². The normalized spacial score (nSPS) is 16.3. The Morgan fingerprint density at radius 3 is 2.67 bits per heavy atom. The van der Waals surface area contributed by atoms with Gasteiger partial charge in [0.15, 0.2) is 11.5 Å². The number of thiophene rings is 1. The van der Waals surface area contributed by atoms with Crippen molar-refractivity contribution in [2.45, 2.75) is 46.1 Å². The Balaban J connectivity index is 1.71. The Bertz CT molecular complexity index is 1110. The number of hydrogen-bond acceptors (Lipinski definition) is 6. The topological polar surface area (TPSA) is 64.6 Å². The highest BCUT2D eigenvalue weighted by molar-refractivity contribution is 7.20. The third kappa shape index (κ3) is 3.41. The minimum atomic E-state index is 0.0281. The molecule has 2 aromatic heterocycles. The van der Waals surface area contributed by atoms with Gasteiger partial charge < -0.3 is 14.4 Å². The average Bonchev–Trinajstić information content (AvgIpc) is 3.37. The van der Waals surface area contributed by atoms with Crippen LogP contribution in [-0.4, -0.2) is 41.5 Å². The second-order valence-corrected chi connectivity index (χ2v) is 8.59. The number of carbonyl (C=O) groups is 1. The number of aromatic nitrogens is 2. The summed E-state index contributed by atoms with van der Waals surface area (Å²) in [6, 6.07) is 5.94. The van der Waals surface area contributed by atoms with Crippen LogP contribution in [0.3, 0.4) is 0 Å². The van der Waals surface area contributed by atoms with Crippen LogP contribution < -0.4 is 9.47 Å². The Morgan fingerprint density at radius 2 is 1.97 bits per heavy atom. The maximum atomic E-state index is 13.6. The molecule has 0 saturated carbocycles. The minimum Gasteiger partial charge on any atom is -0.493 e. The molecule has 0 spiro atoms. The molecular weight excluding hydrogens is 398 g/mol. The van der Waals surface area contributed by atoms with E-state index in [4.69, 9.17) is 9.47 Å². The van der Waals surface area contributed by atoms with Crippen LogP contribution in [0.2, 0.25) is 0 Å². The van der Waals surface area contributed by atoms with Gasteiger partial charge in [0.1, 0.15) is 10.7 Å². The van der Waals surface area contributed by atoms with Gasteiger partial charge in [-0.1, -0.05) is 13.0 Å². The number of hydrogen-bond donors (Lipinski definition) is 0. The quantitative estimate of drug-likeness (QED) is 0.584. The maximum Gasteiger partial charge on any atom is 0.264 e. The van der Waals surface area contributed by atoms with E-state index in [9.17, 15) is 4.79 Å². The summed E-state index contributed by atoms with van der Waals surface area (Å²) in [5, 5.41) is 1.02. The van der Waals surface area contributed by atoms with Crippen molar-refractivity contribution in [3.8, 4) is 11.5 Å². The summed E-state index contributed by atoms with van der Waals surface area (Å²) in [6.45, 7) is 6.80. The molecule has 1 saturated heterocycles. The number of fused-ring (bicyclic) bond motifs is 1. The standard InChI is InChI=1S/C23H27N3O3S/c1-6-19-24-14(3)20-13(2)21(30-22(20)25-19)23(27)26-11-7-8-16(26)15-9-10-17(28-4)18(12-15)29-5/h9-10,12,16H,6-8,11H2,1-5H3. The average molecular weight is 426 g/mol. The van der Waals surface area contributed by atoms with E-state index in [2.05, 4.69) is 9.97 Å². The number of amides is 1. The van der Waals surface area contributed by atoms with Gasteiger partial charge in [0.2, 0.25) is 0 Å². The van der Waals surface area contributed by atoms with Crippen molar-refractivity contribution in [2.24, 2.45) is 0 Å². The molecule has 1 amide bonds. The molecule has 0 bridgehead atoms. The predicted octanol–water partition coefficient (Wildman–Crippen LogP) is 4.87. The number of rotatable bonds is 5. The number of methoxy groups -OCH3 is 2. The van der Waals surface area contributed by atoms with Crippen LogP contribution in [0.15, 0.2) is 18.2 Å². The fourth-order valence-corrected chi connectivity index (χ4v) is 5.51. The number of ether oxygens (including phenoxy) is 2. The van der Waals surface area contributed by atoms with Crippen molar-refractivity contribution in [3.05, 3.63) is 45.7 Å². The molecule has 0 aliphatic carbocycles. The van der Waals surface area contributed by atoms with E-state index in [1.54, 1.807) is 14.2 Å². The highest BCUT2D eigenvalue weighted by Crippen LogP contribution is 2.39. The van der Waals surface area contributed by atoms with Crippen LogP contribution in [-0.2, 0) is 6.42 Å². The molecule has 4 rings (SSSR count). The van der Waals surface area contributed by atoms with Gasteiger partial charge in [0.25, 0.3) is 5.91 Å². The van der Waals surface area contributed by atoms with Crippen molar-refractivity contribution in [2.75, 3.05) is 20.8 Å². The van der Waals surface area contributed by atoms with E-state index in [1.807, 2.05) is 43.9 Å². The van der Waals surface area contributed by atoms with Crippen molar-refractivity contribution < 1.29 is 14.3 Å². The number of carbonyl (C=O) groups excluding carboxylic acids is 1. The van der Waals surface area contributed by atoms with E-state index >= 15 is 0 Å². The number of benzene rings is 1. The SMILES string of the molecule is CCc1nc(C)c2c(C)c(C(=O)N3CCCC3c3ccc(OC)c(OC)c3)sc2n1. The second-order valence-electron chi connectivity index (χ2n) is 7.59. The van der Waals surface area contributed by atoms with E-state index in [0.29, 0.717) is 11.5 Å². The van der Waals surface area contributed by atoms with Crippen LogP contribution >= 0.6 is 11.3 Å². The molecule has 1 atom stereocenters. The molecule has 6 nitrogen and oxygen atoms in total. The molecule has 30 heavy (non-hydrogen) atoms. The third-order valence-corrected chi connectivity index (χ3v) is 7.01. The molecule has 1 unspecified atom stereocenters. The van der Waals surface area contributed by atoms with Gasteiger partial charge in [0.05, 0.1) is 25.1 Å². The van der Waals surface area contributed by atoms with Crippen LogP contribution in [0.1, 0.15) is 58.1 Å². The lowest BCUT2D eigenvalue weighted by molar-refractivity contribution is 0.0740. The van der Waals surface area contributed by atoms with E-state index in [-0.39, 0.29) is 11.9 Å². The predicted molar refractivity (Wildman–Crippen MR) is 119 cm³/mol. The zero-order valence-electron chi connectivity index (χ0n) is 18.1. The molecule has 158 valence electrons. The van der Waals surface area contributed by atoms with E-state index in [1.165, 1.54) is 11.3 Å². The van der Waals surface area contributed by atoms with Crippen molar-refractivity contribution >= 4 is 27.5 Å². The van der Waals surface area contributed by atoms with Gasteiger partial charge in [-0.15, -0.1) is 11.3 Å². The molecule has 3 heterocycles. The summed E-state index contributed by atoms with van der Waals surface area (Å²) >= 11 is 1.49. The van der Waals surface area contributed by atoms with Crippen molar-refractivity contribution in [3.63, 3.8) is 0 Å². The zero-order chi connectivity index (χ0) is 21.4. The van der Waals surface area contributed by atoms with Crippen LogP contribution in [0.25, 0.3) is 10.2 Å². The monoisotopic (exact) mass is 425 g/mol. The highest BCUT2D eigenvalue weighted by atomic mass is 32.1. The lowest BCUT2D eigenvalue weighted by Gasteiger charge is -2.25. The first-order valence-corrected chi connectivity index (χ1v) is 11.1. The molecule has 1 fully saturated rings. The summed E-state index contributed by atoms with van der Waals surface area (Å²) in [7, 11) is 3.26. The second kappa shape index (κ2) is 8.22. The molecule has 3 aromatic rings. The van der Waals surface area contributed by atoms with Crippen LogP contribution in [0.5, 0.6) is 11.5 Å². The fourth-order valence-electron chi connectivity index (χ4n) is 4.30. The summed E-state index contributed by atoms with van der Waals surface area (Å²) in [5.41, 5.74) is 3.00. The van der Waals surface area contributed by atoms with Crippen LogP contribution in [0.4, 0.5) is 0 Å². The fraction of sp³-hybridized carbons (Fsp3) is 0.435. The summed E-state index contributed by atoms with van der Waals surface area (Å²) in [4.78, 5) is 26.5. The van der Waals surface area contributed by atoms with Gasteiger partial charge in [-0.2, -0.15) is 0 Å². The van der Waals surface area contributed by atoms with Crippen molar-refractivity contribution in [1.82, 2.24) is 14.9 Å². The maximum absolute atomic E-state index is 13.6. The molecular formula is C23H27N3O3S. The van der Waals surface area contributed by atoms with Gasteiger partial charge in [-0.05, 0) is 49.9 Å². The first-order valence-electron chi connectivity index (χ1n) is 10.3. The molecule has 0 radical (unpaired) electrons. The minimum absolute atomic E-state index is 0.0281. The Kier molecular flexibility index (Phi) is 5.64. The number of likely N-dealkylation sites (tertiary alicyclic amines) is 1. The van der Waals surface area contributed by atoms with Gasteiger partial charge >= 0.3 is 0 Å². The first kappa shape index (κ1) is 20.6. The Labute approximate surface area is 180 Å². The molecule has 1 aliphatic heterocycles. The molecule has 7 heteroatoms. The first-order chi connectivity index (χ1) is 14.5. The van der Waals surface area contributed by atoms with Gasteiger partial charge in [-0.25, -0.2) is 9.97 Å². The molecule has 1 aromatic carbocycles. The third-order valence-electron chi connectivity index (χ3n) is 5.83. The molecule has 1 aliphatic rings. The summed E-state index contributed by atoms with van der Waals surface area (Å²) in [5.74, 6) is 2.28. The lowest BCUT2D eigenvalue weighted by atomic mass is 10.0. The van der Waals surface area contributed by atoms with Crippen LogP contribution in [0, 0.1) is 13.8 Å².